The summed E-state index contributed by atoms with van der Waals surface area (Å²) in [7, 11) is 3.70. The maximum Gasteiger partial charge on any atom is 0.152 e. The van der Waals surface area contributed by atoms with Crippen LogP contribution in [-0.4, -0.2) is 25.3 Å². The van der Waals surface area contributed by atoms with Crippen LogP contribution in [0.3, 0.4) is 0 Å². The average Bonchev–Trinajstić information content (AvgIpc) is 2.18. The van der Waals surface area contributed by atoms with Crippen LogP contribution >= 0.6 is 23.2 Å². The molecule has 0 radical (unpaired) electrons. The molecule has 1 aromatic rings. The van der Waals surface area contributed by atoms with E-state index in [2.05, 4.69) is 0 Å². The third-order valence-corrected chi connectivity index (χ3v) is 2.52. The van der Waals surface area contributed by atoms with Crippen LogP contribution in [0, 0.1) is 0 Å². The van der Waals surface area contributed by atoms with Crippen LogP contribution in [0.1, 0.15) is 5.56 Å². The highest BCUT2D eigenvalue weighted by atomic mass is 35.5. The molecule has 0 aliphatic carbocycles. The van der Waals surface area contributed by atoms with E-state index >= 15 is 0 Å². The third kappa shape index (κ3) is 3.26. The van der Waals surface area contributed by atoms with Crippen LogP contribution in [0.25, 0.3) is 5.57 Å². The molecule has 0 N–H and O–H groups in total. The molecule has 0 aliphatic heterocycles. The Morgan fingerprint density at radius 2 is 1.93 bits per heavy atom. The first-order valence-corrected chi connectivity index (χ1v) is 5.09. The molecule has 1 aromatic carbocycles. The number of benzene rings is 1. The summed E-state index contributed by atoms with van der Waals surface area (Å²) in [5, 5.41) is 0.927. The van der Waals surface area contributed by atoms with Crippen molar-refractivity contribution in [1.29, 1.82) is 0 Å². The Bertz CT molecular complexity index is 400. The van der Waals surface area contributed by atoms with Crippen molar-refractivity contribution >= 4 is 35.1 Å². The second-order valence-corrected chi connectivity index (χ2v) is 4.11. The zero-order chi connectivity index (χ0) is 11.4. The van der Waals surface area contributed by atoms with Gasteiger partial charge in [-0.2, -0.15) is 0 Å². The van der Waals surface area contributed by atoms with Crippen molar-refractivity contribution in [3.63, 3.8) is 0 Å². The van der Waals surface area contributed by atoms with E-state index in [-0.39, 0.29) is 0 Å². The predicted molar refractivity (Wildman–Crippen MR) is 64.2 cm³/mol. The van der Waals surface area contributed by atoms with Crippen molar-refractivity contribution in [2.75, 3.05) is 14.1 Å². The van der Waals surface area contributed by atoms with E-state index in [9.17, 15) is 4.79 Å². The van der Waals surface area contributed by atoms with Crippen molar-refractivity contribution in [3.8, 4) is 0 Å². The van der Waals surface area contributed by atoms with Gasteiger partial charge < -0.3 is 4.90 Å². The van der Waals surface area contributed by atoms with Crippen molar-refractivity contribution in [2.24, 2.45) is 0 Å². The molecule has 0 aliphatic rings. The van der Waals surface area contributed by atoms with Gasteiger partial charge in [0.25, 0.3) is 0 Å². The molecule has 1 rings (SSSR count). The van der Waals surface area contributed by atoms with Crippen molar-refractivity contribution in [1.82, 2.24) is 4.90 Å². The summed E-state index contributed by atoms with van der Waals surface area (Å²) < 4.78 is 0. The second kappa shape index (κ2) is 5.19. The minimum absolute atomic E-state index is 0.445. The molecule has 0 saturated carbocycles. The molecule has 0 aromatic heterocycles. The van der Waals surface area contributed by atoms with Gasteiger partial charge in [0.1, 0.15) is 0 Å². The largest absolute Gasteiger partial charge is 0.383 e. The number of halogens is 2. The van der Waals surface area contributed by atoms with E-state index in [1.54, 1.807) is 29.3 Å². The van der Waals surface area contributed by atoms with Gasteiger partial charge in [-0.3, -0.25) is 4.79 Å². The van der Waals surface area contributed by atoms with E-state index in [1.807, 2.05) is 14.1 Å². The van der Waals surface area contributed by atoms with Gasteiger partial charge in [0.05, 0.1) is 10.0 Å². The number of hydrogen-bond acceptors (Lipinski definition) is 2. The smallest absolute Gasteiger partial charge is 0.152 e. The summed E-state index contributed by atoms with van der Waals surface area (Å²) >= 11 is 11.6. The number of nitrogens with zero attached hydrogens (tertiary/aromatic N) is 1. The van der Waals surface area contributed by atoms with E-state index in [1.165, 1.54) is 0 Å². The highest BCUT2D eigenvalue weighted by molar-refractivity contribution is 6.42. The van der Waals surface area contributed by atoms with E-state index in [0.717, 1.165) is 11.8 Å². The van der Waals surface area contributed by atoms with Crippen LogP contribution in [-0.2, 0) is 4.79 Å². The lowest BCUT2D eigenvalue weighted by Crippen LogP contribution is -2.03. The van der Waals surface area contributed by atoms with Gasteiger partial charge in [-0.1, -0.05) is 29.3 Å². The minimum Gasteiger partial charge on any atom is -0.383 e. The first-order valence-electron chi connectivity index (χ1n) is 4.33. The van der Waals surface area contributed by atoms with Crippen LogP contribution in [0.4, 0.5) is 0 Å². The fourth-order valence-electron chi connectivity index (χ4n) is 1.13. The molecule has 0 amide bonds. The summed E-state index contributed by atoms with van der Waals surface area (Å²) in [6.45, 7) is 0. The molecule has 4 heteroatoms. The highest BCUT2D eigenvalue weighted by Gasteiger charge is 2.04. The number of rotatable bonds is 3. The first-order chi connectivity index (χ1) is 7.04. The van der Waals surface area contributed by atoms with E-state index < -0.39 is 0 Å². The van der Waals surface area contributed by atoms with Gasteiger partial charge in [-0.05, 0) is 17.7 Å². The van der Waals surface area contributed by atoms with E-state index in [4.69, 9.17) is 23.2 Å². The lowest BCUT2D eigenvalue weighted by molar-refractivity contribution is -0.103. The number of carbonyl (C=O) groups excluding carboxylic acids is 1. The summed E-state index contributed by atoms with van der Waals surface area (Å²) in [4.78, 5) is 12.7. The Hall–Kier alpha value is -0.990. The molecule has 0 bridgehead atoms. The SMILES string of the molecule is CN(C)/C=C(\C=O)c1ccc(Cl)c(Cl)c1. The Balaban J connectivity index is 3.14. The van der Waals surface area contributed by atoms with Crippen LogP contribution in [0.5, 0.6) is 0 Å². The van der Waals surface area contributed by atoms with Gasteiger partial charge in [-0.15, -0.1) is 0 Å². The molecule has 0 fully saturated rings. The Morgan fingerprint density at radius 1 is 1.27 bits per heavy atom. The molecule has 80 valence electrons. The van der Waals surface area contributed by atoms with E-state index in [0.29, 0.717) is 15.6 Å². The zero-order valence-electron chi connectivity index (χ0n) is 8.50. The predicted octanol–water partition coefficient (Wildman–Crippen LogP) is 3.09. The number of aldehydes is 1. The molecule has 2 nitrogen and oxygen atoms in total. The van der Waals surface area contributed by atoms with Crippen LogP contribution in [0.2, 0.25) is 10.0 Å². The molecule has 0 atom stereocenters. The van der Waals surface area contributed by atoms with Crippen LogP contribution < -0.4 is 0 Å². The van der Waals surface area contributed by atoms with Crippen LogP contribution in [0.15, 0.2) is 24.4 Å². The molecule has 0 heterocycles. The monoisotopic (exact) mass is 243 g/mol. The fraction of sp³-hybridized carbons (Fsp3) is 0.182. The lowest BCUT2D eigenvalue weighted by atomic mass is 10.1. The Labute approximate surface area is 99.1 Å². The maximum atomic E-state index is 10.9. The topological polar surface area (TPSA) is 20.3 Å². The summed E-state index contributed by atoms with van der Waals surface area (Å²) in [6, 6.07) is 5.11. The summed E-state index contributed by atoms with van der Waals surface area (Å²) in [5.41, 5.74) is 1.33. The fourth-order valence-corrected chi connectivity index (χ4v) is 1.42. The molecule has 0 saturated heterocycles. The number of allylic oxidation sites excluding steroid dienone is 1. The van der Waals surface area contributed by atoms with Gasteiger partial charge in [0, 0.05) is 25.9 Å². The van der Waals surface area contributed by atoms with Crippen molar-refractivity contribution in [2.45, 2.75) is 0 Å². The highest BCUT2D eigenvalue weighted by Crippen LogP contribution is 2.25. The Kier molecular flexibility index (Phi) is 4.18. The lowest BCUT2D eigenvalue weighted by Gasteiger charge is -2.08. The molecular weight excluding hydrogens is 233 g/mol. The van der Waals surface area contributed by atoms with Gasteiger partial charge >= 0.3 is 0 Å². The molecule has 0 spiro atoms. The van der Waals surface area contributed by atoms with Gasteiger partial charge in [0.2, 0.25) is 0 Å². The molecule has 0 unspecified atom stereocenters. The summed E-state index contributed by atoms with van der Waals surface area (Å²) in [5.74, 6) is 0. The third-order valence-electron chi connectivity index (χ3n) is 1.78. The standard InChI is InChI=1S/C11H11Cl2NO/c1-14(2)6-9(7-15)8-3-4-10(12)11(13)5-8/h3-7H,1-2H3/b9-6+. The van der Waals surface area contributed by atoms with Crippen molar-refractivity contribution in [3.05, 3.63) is 40.0 Å². The zero-order valence-corrected chi connectivity index (χ0v) is 10.0. The second-order valence-electron chi connectivity index (χ2n) is 3.29. The molecule has 15 heavy (non-hydrogen) atoms. The normalized spacial score (nSPS) is 11.3. The minimum atomic E-state index is 0.445. The number of carbonyl (C=O) groups is 1. The van der Waals surface area contributed by atoms with Gasteiger partial charge in [-0.25, -0.2) is 0 Å². The average molecular weight is 244 g/mol. The van der Waals surface area contributed by atoms with Crippen molar-refractivity contribution < 1.29 is 4.79 Å². The maximum absolute atomic E-state index is 10.9. The Morgan fingerprint density at radius 3 is 2.40 bits per heavy atom. The molecular formula is C11H11Cl2NO. The summed E-state index contributed by atoms with van der Waals surface area (Å²) in [6.07, 6.45) is 2.52. The quantitative estimate of drug-likeness (QED) is 0.601. The van der Waals surface area contributed by atoms with Gasteiger partial charge in [0.15, 0.2) is 6.29 Å². The first kappa shape index (κ1) is 12.1. The number of hydrogen-bond donors (Lipinski definition) is 0.